The Morgan fingerprint density at radius 3 is 2.86 bits per heavy atom. The topological polar surface area (TPSA) is 39.2 Å². The Labute approximate surface area is 99.1 Å². The summed E-state index contributed by atoms with van der Waals surface area (Å²) in [6, 6.07) is 0. The predicted octanol–water partition coefficient (Wildman–Crippen LogP) is 2.71. The average Bonchev–Trinajstić information content (AvgIpc) is 2.13. The van der Waals surface area contributed by atoms with Gasteiger partial charge in [0.25, 0.3) is 0 Å². The molecule has 0 atom stereocenters. The van der Waals surface area contributed by atoms with Gasteiger partial charge in [0, 0.05) is 16.9 Å². The van der Waals surface area contributed by atoms with Crippen molar-refractivity contribution >= 4 is 37.8 Å². The summed E-state index contributed by atoms with van der Waals surface area (Å²) in [5, 5.41) is 0. The van der Waals surface area contributed by atoms with Crippen LogP contribution in [-0.2, 0) is 16.0 Å². The summed E-state index contributed by atoms with van der Waals surface area (Å²) in [6.07, 6.45) is 3.55. The van der Waals surface area contributed by atoms with Crippen molar-refractivity contribution in [2.24, 2.45) is 0 Å². The first kappa shape index (κ1) is 11.7. The standard InChI is InChI=1S/C9H9Br2NO2/c1-2-14-8(13)3-6-4-12-5-7(10)9(6)11/h4-5H,2-3H2,1H3. The first-order valence-electron chi connectivity index (χ1n) is 4.08. The summed E-state index contributed by atoms with van der Waals surface area (Å²) in [4.78, 5) is 15.2. The number of aromatic nitrogens is 1. The number of rotatable bonds is 3. The van der Waals surface area contributed by atoms with E-state index in [1.807, 2.05) is 0 Å². The van der Waals surface area contributed by atoms with Gasteiger partial charge in [0.05, 0.1) is 17.5 Å². The van der Waals surface area contributed by atoms with Crippen LogP contribution in [0.3, 0.4) is 0 Å². The number of carbonyl (C=O) groups is 1. The van der Waals surface area contributed by atoms with Gasteiger partial charge in [-0.3, -0.25) is 9.78 Å². The van der Waals surface area contributed by atoms with E-state index >= 15 is 0 Å². The SMILES string of the molecule is CCOC(=O)Cc1cncc(Br)c1Br. The highest BCUT2D eigenvalue weighted by atomic mass is 79.9. The smallest absolute Gasteiger partial charge is 0.310 e. The van der Waals surface area contributed by atoms with E-state index in [1.165, 1.54) is 0 Å². The maximum absolute atomic E-state index is 11.2. The lowest BCUT2D eigenvalue weighted by Crippen LogP contribution is -2.08. The van der Waals surface area contributed by atoms with Crippen molar-refractivity contribution in [3.8, 4) is 0 Å². The van der Waals surface area contributed by atoms with Crippen molar-refractivity contribution in [2.45, 2.75) is 13.3 Å². The zero-order valence-electron chi connectivity index (χ0n) is 7.59. The number of hydrogen-bond donors (Lipinski definition) is 0. The van der Waals surface area contributed by atoms with Crippen molar-refractivity contribution in [1.82, 2.24) is 4.98 Å². The Morgan fingerprint density at radius 1 is 1.50 bits per heavy atom. The fourth-order valence-corrected chi connectivity index (χ4v) is 1.67. The summed E-state index contributed by atoms with van der Waals surface area (Å²) in [5.41, 5.74) is 0.817. The highest BCUT2D eigenvalue weighted by Crippen LogP contribution is 2.25. The Hall–Kier alpha value is -0.420. The molecule has 0 amide bonds. The molecule has 1 heterocycles. The lowest BCUT2D eigenvalue weighted by atomic mass is 10.2. The summed E-state index contributed by atoms with van der Waals surface area (Å²) >= 11 is 6.68. The number of hydrogen-bond acceptors (Lipinski definition) is 3. The quantitative estimate of drug-likeness (QED) is 0.803. The molecule has 0 spiro atoms. The van der Waals surface area contributed by atoms with E-state index in [0.29, 0.717) is 6.61 Å². The second-order valence-corrected chi connectivity index (χ2v) is 4.22. The highest BCUT2D eigenvalue weighted by Gasteiger charge is 2.09. The monoisotopic (exact) mass is 321 g/mol. The second-order valence-electron chi connectivity index (χ2n) is 2.58. The lowest BCUT2D eigenvalue weighted by molar-refractivity contribution is -0.142. The molecule has 0 saturated heterocycles. The van der Waals surface area contributed by atoms with Crippen molar-refractivity contribution in [3.05, 3.63) is 26.9 Å². The molecule has 14 heavy (non-hydrogen) atoms. The van der Waals surface area contributed by atoms with Gasteiger partial charge in [-0.25, -0.2) is 0 Å². The second kappa shape index (κ2) is 5.46. The molecule has 76 valence electrons. The van der Waals surface area contributed by atoms with E-state index in [-0.39, 0.29) is 12.4 Å². The number of halogens is 2. The molecule has 0 bridgehead atoms. The third-order valence-corrected chi connectivity index (χ3v) is 3.62. The first-order chi connectivity index (χ1) is 6.65. The molecule has 1 aromatic heterocycles. The molecule has 0 aliphatic rings. The largest absolute Gasteiger partial charge is 0.466 e. The fraction of sp³-hybridized carbons (Fsp3) is 0.333. The molecule has 0 N–H and O–H groups in total. The van der Waals surface area contributed by atoms with E-state index in [9.17, 15) is 4.79 Å². The van der Waals surface area contributed by atoms with E-state index in [0.717, 1.165) is 14.5 Å². The van der Waals surface area contributed by atoms with Crippen molar-refractivity contribution in [2.75, 3.05) is 6.61 Å². The molecule has 1 aromatic rings. The van der Waals surface area contributed by atoms with Gasteiger partial charge in [0.1, 0.15) is 0 Å². The molecule has 1 rings (SSSR count). The summed E-state index contributed by atoms with van der Waals surface area (Å²) in [7, 11) is 0. The number of nitrogens with zero attached hydrogens (tertiary/aromatic N) is 1. The van der Waals surface area contributed by atoms with E-state index in [4.69, 9.17) is 4.74 Å². The normalized spacial score (nSPS) is 9.93. The Morgan fingerprint density at radius 2 is 2.21 bits per heavy atom. The van der Waals surface area contributed by atoms with Crippen LogP contribution in [0.25, 0.3) is 0 Å². The van der Waals surface area contributed by atoms with Crippen LogP contribution in [0.15, 0.2) is 21.3 Å². The fourth-order valence-electron chi connectivity index (χ4n) is 0.950. The Balaban J connectivity index is 2.76. The van der Waals surface area contributed by atoms with Crippen molar-refractivity contribution in [1.29, 1.82) is 0 Å². The molecule has 0 saturated carbocycles. The summed E-state index contributed by atoms with van der Waals surface area (Å²) in [6.45, 7) is 2.18. The van der Waals surface area contributed by atoms with Gasteiger partial charge < -0.3 is 4.74 Å². The molecule has 0 radical (unpaired) electrons. The lowest BCUT2D eigenvalue weighted by Gasteiger charge is -2.04. The maximum atomic E-state index is 11.2. The number of pyridine rings is 1. The van der Waals surface area contributed by atoms with Crippen LogP contribution < -0.4 is 0 Å². The average molecular weight is 323 g/mol. The van der Waals surface area contributed by atoms with E-state index < -0.39 is 0 Å². The predicted molar refractivity (Wildman–Crippen MR) is 60.0 cm³/mol. The third kappa shape index (κ3) is 3.06. The van der Waals surface area contributed by atoms with Gasteiger partial charge in [-0.05, 0) is 44.3 Å². The minimum absolute atomic E-state index is 0.237. The number of esters is 1. The molecule has 5 heteroatoms. The first-order valence-corrected chi connectivity index (χ1v) is 5.67. The summed E-state index contributed by atoms with van der Waals surface area (Å²) < 4.78 is 6.52. The van der Waals surface area contributed by atoms with Crippen LogP contribution in [0, 0.1) is 0 Å². The molecule has 0 aliphatic carbocycles. The van der Waals surface area contributed by atoms with Crippen LogP contribution >= 0.6 is 31.9 Å². The zero-order valence-corrected chi connectivity index (χ0v) is 10.8. The Bertz CT molecular complexity index is 342. The minimum Gasteiger partial charge on any atom is -0.466 e. The van der Waals surface area contributed by atoms with Gasteiger partial charge >= 0.3 is 5.97 Å². The molecule has 0 aliphatic heterocycles. The van der Waals surface area contributed by atoms with Gasteiger partial charge in [-0.15, -0.1) is 0 Å². The summed E-state index contributed by atoms with van der Waals surface area (Å²) in [5.74, 6) is -0.242. The van der Waals surface area contributed by atoms with Crippen LogP contribution in [0.1, 0.15) is 12.5 Å². The van der Waals surface area contributed by atoms with E-state index in [2.05, 4.69) is 36.8 Å². The molecule has 0 unspecified atom stereocenters. The van der Waals surface area contributed by atoms with Gasteiger partial charge in [0.2, 0.25) is 0 Å². The van der Waals surface area contributed by atoms with Gasteiger partial charge in [-0.1, -0.05) is 0 Å². The third-order valence-electron chi connectivity index (χ3n) is 1.55. The zero-order chi connectivity index (χ0) is 10.6. The molecular weight excluding hydrogens is 314 g/mol. The number of ether oxygens (including phenoxy) is 1. The van der Waals surface area contributed by atoms with Crippen molar-refractivity contribution < 1.29 is 9.53 Å². The molecular formula is C9H9Br2NO2. The molecule has 0 aromatic carbocycles. The minimum atomic E-state index is -0.242. The van der Waals surface area contributed by atoms with Crippen LogP contribution in [0.4, 0.5) is 0 Å². The van der Waals surface area contributed by atoms with Crippen LogP contribution in [-0.4, -0.2) is 17.6 Å². The Kier molecular flexibility index (Phi) is 4.54. The van der Waals surface area contributed by atoms with Gasteiger partial charge in [-0.2, -0.15) is 0 Å². The molecule has 3 nitrogen and oxygen atoms in total. The number of carbonyl (C=O) groups excluding carboxylic acids is 1. The van der Waals surface area contributed by atoms with Gasteiger partial charge in [0.15, 0.2) is 0 Å². The van der Waals surface area contributed by atoms with Crippen LogP contribution in [0.2, 0.25) is 0 Å². The van der Waals surface area contributed by atoms with E-state index in [1.54, 1.807) is 19.3 Å². The highest BCUT2D eigenvalue weighted by molar-refractivity contribution is 9.13. The molecule has 0 fully saturated rings. The maximum Gasteiger partial charge on any atom is 0.310 e. The van der Waals surface area contributed by atoms with Crippen molar-refractivity contribution in [3.63, 3.8) is 0 Å². The van der Waals surface area contributed by atoms with Crippen LogP contribution in [0.5, 0.6) is 0 Å².